The summed E-state index contributed by atoms with van der Waals surface area (Å²) in [5, 5.41) is 10.8. The van der Waals surface area contributed by atoms with E-state index in [9.17, 15) is 10.1 Å². The third kappa shape index (κ3) is 2.94. The molecule has 0 aliphatic carbocycles. The fraction of sp³-hybridized carbons (Fsp3) is 0.0909. The number of hydrogen-bond donors (Lipinski definition) is 1. The number of nitrogens with zero attached hydrogens (tertiary/aromatic N) is 3. The first kappa shape index (κ1) is 14.0. The summed E-state index contributed by atoms with van der Waals surface area (Å²) in [4.78, 5) is 17.9. The van der Waals surface area contributed by atoms with Gasteiger partial charge in [-0.25, -0.2) is 4.98 Å². The van der Waals surface area contributed by atoms with Gasteiger partial charge in [-0.1, -0.05) is 0 Å². The van der Waals surface area contributed by atoms with Crippen LogP contribution >= 0.6 is 15.9 Å². The van der Waals surface area contributed by atoms with Crippen molar-refractivity contribution < 1.29 is 14.4 Å². The standard InChI is InChI=1S/C11H9BrN4O4/c1-19-8-3-2-6(16(17)18)4-9(8)20-10-7(12)5-14-11(13)15-10/h2-5H,1H3,(H2,13,14,15). The highest BCUT2D eigenvalue weighted by Gasteiger charge is 2.15. The lowest BCUT2D eigenvalue weighted by molar-refractivity contribution is -0.384. The van der Waals surface area contributed by atoms with Crippen molar-refractivity contribution in [3.63, 3.8) is 0 Å². The molecule has 0 bridgehead atoms. The molecule has 0 fully saturated rings. The second-order valence-corrected chi connectivity index (χ2v) is 4.43. The summed E-state index contributed by atoms with van der Waals surface area (Å²) < 4.78 is 11.0. The van der Waals surface area contributed by atoms with Crippen LogP contribution in [0.1, 0.15) is 0 Å². The molecular formula is C11H9BrN4O4. The number of nitrogens with two attached hydrogens (primary N) is 1. The van der Waals surface area contributed by atoms with Crippen LogP contribution in [0.5, 0.6) is 17.4 Å². The highest BCUT2D eigenvalue weighted by molar-refractivity contribution is 9.10. The normalized spacial score (nSPS) is 10.1. The monoisotopic (exact) mass is 340 g/mol. The number of aromatic nitrogens is 2. The number of nitro groups is 1. The van der Waals surface area contributed by atoms with Crippen molar-refractivity contribution in [3.8, 4) is 17.4 Å². The predicted octanol–water partition coefficient (Wildman–Crippen LogP) is 2.53. The molecule has 0 spiro atoms. The molecule has 0 unspecified atom stereocenters. The van der Waals surface area contributed by atoms with Crippen molar-refractivity contribution in [1.29, 1.82) is 0 Å². The maximum Gasteiger partial charge on any atom is 0.273 e. The number of benzene rings is 1. The van der Waals surface area contributed by atoms with E-state index in [-0.39, 0.29) is 23.3 Å². The largest absolute Gasteiger partial charge is 0.493 e. The molecule has 1 heterocycles. The molecule has 1 aromatic heterocycles. The van der Waals surface area contributed by atoms with Crippen molar-refractivity contribution in [2.75, 3.05) is 12.8 Å². The Hall–Kier alpha value is -2.42. The Balaban J connectivity index is 2.43. The van der Waals surface area contributed by atoms with Crippen LogP contribution in [0.2, 0.25) is 0 Å². The number of methoxy groups -OCH3 is 1. The molecular weight excluding hydrogens is 332 g/mol. The molecule has 0 atom stereocenters. The van der Waals surface area contributed by atoms with Gasteiger partial charge in [0, 0.05) is 6.07 Å². The molecule has 0 radical (unpaired) electrons. The fourth-order valence-electron chi connectivity index (χ4n) is 1.40. The Morgan fingerprint density at radius 2 is 2.15 bits per heavy atom. The van der Waals surface area contributed by atoms with Gasteiger partial charge in [-0.2, -0.15) is 4.98 Å². The summed E-state index contributed by atoms with van der Waals surface area (Å²) >= 11 is 3.20. The molecule has 1 aromatic carbocycles. The van der Waals surface area contributed by atoms with Crippen LogP contribution in [-0.4, -0.2) is 22.0 Å². The number of ether oxygens (including phenoxy) is 2. The van der Waals surface area contributed by atoms with Gasteiger partial charge in [0.05, 0.1) is 28.8 Å². The minimum atomic E-state index is -0.532. The van der Waals surface area contributed by atoms with Gasteiger partial charge >= 0.3 is 0 Å². The average Bonchev–Trinajstić information content (AvgIpc) is 2.42. The zero-order chi connectivity index (χ0) is 14.7. The third-order valence-corrected chi connectivity index (χ3v) is 2.84. The topological polar surface area (TPSA) is 113 Å². The summed E-state index contributed by atoms with van der Waals surface area (Å²) in [6.07, 6.45) is 1.42. The number of rotatable bonds is 4. The Kier molecular flexibility index (Phi) is 3.99. The lowest BCUT2D eigenvalue weighted by Gasteiger charge is -2.10. The van der Waals surface area contributed by atoms with Gasteiger partial charge in [0.15, 0.2) is 11.5 Å². The van der Waals surface area contributed by atoms with E-state index < -0.39 is 4.92 Å². The molecule has 2 aromatic rings. The molecule has 8 nitrogen and oxygen atoms in total. The van der Waals surface area contributed by atoms with Gasteiger partial charge in [0.1, 0.15) is 0 Å². The number of anilines is 1. The zero-order valence-corrected chi connectivity index (χ0v) is 11.8. The molecule has 20 heavy (non-hydrogen) atoms. The van der Waals surface area contributed by atoms with E-state index in [4.69, 9.17) is 15.2 Å². The van der Waals surface area contributed by atoms with Gasteiger partial charge in [-0.15, -0.1) is 0 Å². The number of non-ortho nitro benzene ring substituents is 1. The number of nitrogen functional groups attached to an aromatic ring is 1. The lowest BCUT2D eigenvalue weighted by Crippen LogP contribution is -1.99. The highest BCUT2D eigenvalue weighted by atomic mass is 79.9. The van der Waals surface area contributed by atoms with Crippen molar-refractivity contribution in [2.24, 2.45) is 0 Å². The van der Waals surface area contributed by atoms with Crippen molar-refractivity contribution >= 4 is 27.6 Å². The number of halogens is 1. The average molecular weight is 341 g/mol. The molecule has 104 valence electrons. The molecule has 0 aliphatic heterocycles. The van der Waals surface area contributed by atoms with Gasteiger partial charge < -0.3 is 15.2 Å². The Labute approximate surface area is 121 Å². The summed E-state index contributed by atoms with van der Waals surface area (Å²) in [6.45, 7) is 0. The van der Waals surface area contributed by atoms with Gasteiger partial charge in [-0.3, -0.25) is 10.1 Å². The molecule has 0 aliphatic rings. The highest BCUT2D eigenvalue weighted by Crippen LogP contribution is 2.36. The first-order chi connectivity index (χ1) is 9.51. The van der Waals surface area contributed by atoms with E-state index in [0.717, 1.165) is 0 Å². The number of hydrogen-bond acceptors (Lipinski definition) is 7. The van der Waals surface area contributed by atoms with E-state index in [0.29, 0.717) is 10.2 Å². The maximum atomic E-state index is 10.8. The predicted molar refractivity (Wildman–Crippen MR) is 73.9 cm³/mol. The fourth-order valence-corrected chi connectivity index (χ4v) is 1.67. The van der Waals surface area contributed by atoms with E-state index in [1.807, 2.05) is 0 Å². The van der Waals surface area contributed by atoms with E-state index >= 15 is 0 Å². The summed E-state index contributed by atoms with van der Waals surface area (Å²) in [5.41, 5.74) is 5.34. The quantitative estimate of drug-likeness (QED) is 0.671. The molecule has 0 amide bonds. The van der Waals surface area contributed by atoms with Crippen LogP contribution in [-0.2, 0) is 0 Å². The third-order valence-electron chi connectivity index (χ3n) is 2.30. The van der Waals surface area contributed by atoms with Crippen LogP contribution in [0, 0.1) is 10.1 Å². The van der Waals surface area contributed by atoms with E-state index in [1.165, 1.54) is 31.5 Å². The Morgan fingerprint density at radius 1 is 1.40 bits per heavy atom. The van der Waals surface area contributed by atoms with Crippen LogP contribution < -0.4 is 15.2 Å². The van der Waals surface area contributed by atoms with Crippen LogP contribution in [0.15, 0.2) is 28.9 Å². The Morgan fingerprint density at radius 3 is 2.80 bits per heavy atom. The lowest BCUT2D eigenvalue weighted by atomic mass is 10.3. The van der Waals surface area contributed by atoms with Crippen molar-refractivity contribution in [2.45, 2.75) is 0 Å². The van der Waals surface area contributed by atoms with Crippen molar-refractivity contribution in [1.82, 2.24) is 9.97 Å². The second-order valence-electron chi connectivity index (χ2n) is 3.58. The Bertz CT molecular complexity index is 665. The van der Waals surface area contributed by atoms with Crippen LogP contribution in [0.3, 0.4) is 0 Å². The molecule has 2 N–H and O–H groups in total. The van der Waals surface area contributed by atoms with E-state index in [2.05, 4.69) is 25.9 Å². The molecule has 0 saturated carbocycles. The first-order valence-corrected chi connectivity index (χ1v) is 6.09. The van der Waals surface area contributed by atoms with Gasteiger partial charge in [0.2, 0.25) is 11.8 Å². The first-order valence-electron chi connectivity index (χ1n) is 5.29. The summed E-state index contributed by atoms with van der Waals surface area (Å²) in [7, 11) is 1.43. The van der Waals surface area contributed by atoms with Crippen molar-refractivity contribution in [3.05, 3.63) is 39.0 Å². The summed E-state index contributed by atoms with van der Waals surface area (Å²) in [5.74, 6) is 0.643. The second kappa shape index (κ2) is 5.70. The summed E-state index contributed by atoms with van der Waals surface area (Å²) in [6, 6.07) is 3.99. The van der Waals surface area contributed by atoms with Crippen LogP contribution in [0.25, 0.3) is 0 Å². The smallest absolute Gasteiger partial charge is 0.273 e. The SMILES string of the molecule is COc1ccc([N+](=O)[O-])cc1Oc1nc(N)ncc1Br. The minimum Gasteiger partial charge on any atom is -0.493 e. The van der Waals surface area contributed by atoms with Gasteiger partial charge in [0.25, 0.3) is 5.69 Å². The van der Waals surface area contributed by atoms with E-state index in [1.54, 1.807) is 0 Å². The van der Waals surface area contributed by atoms with Gasteiger partial charge in [-0.05, 0) is 22.0 Å². The molecule has 2 rings (SSSR count). The number of nitro benzene ring substituents is 1. The molecule has 9 heteroatoms. The maximum absolute atomic E-state index is 10.8. The zero-order valence-electron chi connectivity index (χ0n) is 10.2. The molecule has 0 saturated heterocycles. The minimum absolute atomic E-state index is 0.0209. The van der Waals surface area contributed by atoms with Crippen LogP contribution in [0.4, 0.5) is 11.6 Å².